The Morgan fingerprint density at radius 1 is 1.21 bits per heavy atom. The van der Waals surface area contributed by atoms with Crippen LogP contribution in [0.4, 0.5) is 10.3 Å². The van der Waals surface area contributed by atoms with Gasteiger partial charge in [-0.25, -0.2) is 14.4 Å². The molecule has 0 saturated carbocycles. The minimum absolute atomic E-state index is 0.282. The van der Waals surface area contributed by atoms with E-state index < -0.39 is 0 Å². The second-order valence-electron chi connectivity index (χ2n) is 5.12. The molecule has 0 fully saturated rings. The molecule has 1 aromatic carbocycles. The molecule has 0 aliphatic rings. The number of nitrogens with one attached hydrogen (secondary N) is 1. The Morgan fingerprint density at radius 3 is 2.42 bits per heavy atom. The Hall–Kier alpha value is -2.01. The van der Waals surface area contributed by atoms with Crippen molar-refractivity contribution in [2.75, 3.05) is 11.9 Å². The zero-order chi connectivity index (χ0) is 13.9. The van der Waals surface area contributed by atoms with Gasteiger partial charge in [-0.15, -0.1) is 0 Å². The van der Waals surface area contributed by atoms with Crippen LogP contribution in [0.3, 0.4) is 0 Å². The summed E-state index contributed by atoms with van der Waals surface area (Å²) in [5, 5.41) is 3.04. The third-order valence-corrected chi connectivity index (χ3v) is 2.54. The van der Waals surface area contributed by atoms with E-state index in [-0.39, 0.29) is 11.4 Å². The molecule has 0 amide bonds. The van der Waals surface area contributed by atoms with Crippen molar-refractivity contribution in [3.05, 3.63) is 42.5 Å². The van der Waals surface area contributed by atoms with E-state index >= 15 is 0 Å². The van der Waals surface area contributed by atoms with Crippen molar-refractivity contribution >= 4 is 5.95 Å². The normalized spacial score (nSPS) is 11.4. The number of hydrogen-bond donors (Lipinski definition) is 2. The molecule has 0 saturated heterocycles. The number of hydrogen-bond acceptors (Lipinski definition) is 4. The van der Waals surface area contributed by atoms with Crippen molar-refractivity contribution in [1.82, 2.24) is 9.97 Å². The van der Waals surface area contributed by atoms with Gasteiger partial charge in [-0.05, 0) is 19.9 Å². The average molecular weight is 260 g/mol. The highest BCUT2D eigenvalue weighted by atomic mass is 19.1. The Kier molecular flexibility index (Phi) is 3.76. The summed E-state index contributed by atoms with van der Waals surface area (Å²) in [7, 11) is 0. The molecule has 5 heteroatoms. The first-order valence-corrected chi connectivity index (χ1v) is 6.05. The molecular weight excluding hydrogens is 243 g/mol. The topological polar surface area (TPSA) is 63.8 Å². The van der Waals surface area contributed by atoms with Crippen LogP contribution in [0.25, 0.3) is 11.1 Å². The number of benzene rings is 1. The van der Waals surface area contributed by atoms with Crippen LogP contribution in [-0.4, -0.2) is 22.1 Å². The van der Waals surface area contributed by atoms with Crippen molar-refractivity contribution in [1.29, 1.82) is 0 Å². The lowest BCUT2D eigenvalue weighted by Gasteiger charge is -2.18. The molecule has 1 heterocycles. The minimum atomic E-state index is -0.340. The van der Waals surface area contributed by atoms with Gasteiger partial charge in [-0.2, -0.15) is 0 Å². The molecule has 4 nitrogen and oxygen atoms in total. The van der Waals surface area contributed by atoms with Gasteiger partial charge in [0, 0.05) is 35.6 Å². The second kappa shape index (κ2) is 5.32. The van der Waals surface area contributed by atoms with Gasteiger partial charge in [0.05, 0.1) is 0 Å². The fourth-order valence-corrected chi connectivity index (χ4v) is 1.56. The Balaban J connectivity index is 2.13. The van der Waals surface area contributed by atoms with Gasteiger partial charge in [0.2, 0.25) is 5.95 Å². The first-order chi connectivity index (χ1) is 8.96. The summed E-state index contributed by atoms with van der Waals surface area (Å²) in [5.41, 5.74) is 6.66. The van der Waals surface area contributed by atoms with Crippen LogP contribution in [0, 0.1) is 5.82 Å². The van der Waals surface area contributed by atoms with E-state index in [1.165, 1.54) is 6.07 Å². The summed E-state index contributed by atoms with van der Waals surface area (Å²) in [6, 6.07) is 6.54. The van der Waals surface area contributed by atoms with Crippen molar-refractivity contribution < 1.29 is 4.39 Å². The van der Waals surface area contributed by atoms with E-state index in [0.717, 1.165) is 0 Å². The first-order valence-electron chi connectivity index (χ1n) is 6.05. The van der Waals surface area contributed by atoms with Crippen LogP contribution in [0.15, 0.2) is 36.7 Å². The molecule has 0 bridgehead atoms. The highest BCUT2D eigenvalue weighted by Gasteiger charge is 2.11. The van der Waals surface area contributed by atoms with Crippen LogP contribution in [0.5, 0.6) is 0 Å². The number of nitrogens with two attached hydrogens (primary N) is 1. The molecule has 0 radical (unpaired) electrons. The van der Waals surface area contributed by atoms with E-state index in [9.17, 15) is 4.39 Å². The summed E-state index contributed by atoms with van der Waals surface area (Å²) in [6.07, 6.45) is 3.19. The van der Waals surface area contributed by atoms with Crippen LogP contribution >= 0.6 is 0 Å². The van der Waals surface area contributed by atoms with Crippen LogP contribution in [-0.2, 0) is 0 Å². The number of halogens is 1. The second-order valence-corrected chi connectivity index (χ2v) is 5.12. The van der Waals surface area contributed by atoms with Gasteiger partial charge in [0.1, 0.15) is 5.82 Å². The Bertz CT molecular complexity index is 546. The lowest BCUT2D eigenvalue weighted by molar-refractivity contribution is 0.547. The molecule has 0 atom stereocenters. The minimum Gasteiger partial charge on any atom is -0.352 e. The maximum Gasteiger partial charge on any atom is 0.222 e. The number of nitrogens with zero attached hydrogens (tertiary/aromatic N) is 2. The van der Waals surface area contributed by atoms with Crippen molar-refractivity contribution in [2.24, 2.45) is 5.73 Å². The molecule has 2 aromatic rings. The van der Waals surface area contributed by atoms with E-state index in [1.54, 1.807) is 30.6 Å². The lowest BCUT2D eigenvalue weighted by Crippen LogP contribution is -2.39. The molecule has 0 aliphatic carbocycles. The molecule has 19 heavy (non-hydrogen) atoms. The molecule has 100 valence electrons. The van der Waals surface area contributed by atoms with Crippen LogP contribution < -0.4 is 11.1 Å². The van der Waals surface area contributed by atoms with E-state index in [2.05, 4.69) is 15.3 Å². The Labute approximate surface area is 111 Å². The maximum atomic E-state index is 13.6. The highest BCUT2D eigenvalue weighted by Crippen LogP contribution is 2.21. The third-order valence-electron chi connectivity index (χ3n) is 2.54. The van der Waals surface area contributed by atoms with E-state index in [4.69, 9.17) is 5.73 Å². The smallest absolute Gasteiger partial charge is 0.222 e. The van der Waals surface area contributed by atoms with Gasteiger partial charge in [0.25, 0.3) is 0 Å². The van der Waals surface area contributed by atoms with Gasteiger partial charge in [-0.3, -0.25) is 0 Å². The SMILES string of the molecule is CC(C)(N)CNc1ncc(-c2ccccc2F)cn1. The van der Waals surface area contributed by atoms with E-state index in [1.807, 2.05) is 13.8 Å². The molecule has 2 rings (SSSR count). The number of rotatable bonds is 4. The number of aromatic nitrogens is 2. The molecular formula is C14H17FN4. The van der Waals surface area contributed by atoms with Gasteiger partial charge in [0.15, 0.2) is 0 Å². The van der Waals surface area contributed by atoms with Crippen LogP contribution in [0.1, 0.15) is 13.8 Å². The molecule has 0 unspecified atom stereocenters. The standard InChI is InChI=1S/C14H17FN4/c1-14(2,16)9-19-13-17-7-10(8-18-13)11-5-3-4-6-12(11)15/h3-8H,9,16H2,1-2H3,(H,17,18,19). The predicted octanol–water partition coefficient (Wildman–Crippen LogP) is 2.43. The first kappa shape index (κ1) is 13.4. The predicted molar refractivity (Wildman–Crippen MR) is 74.2 cm³/mol. The van der Waals surface area contributed by atoms with Gasteiger partial charge < -0.3 is 11.1 Å². The van der Waals surface area contributed by atoms with Crippen LogP contribution in [0.2, 0.25) is 0 Å². The zero-order valence-corrected chi connectivity index (χ0v) is 11.0. The van der Waals surface area contributed by atoms with E-state index in [0.29, 0.717) is 23.6 Å². The zero-order valence-electron chi connectivity index (χ0n) is 11.0. The fraction of sp³-hybridized carbons (Fsp3) is 0.286. The summed E-state index contributed by atoms with van der Waals surface area (Å²) in [4.78, 5) is 8.31. The molecule has 3 N–H and O–H groups in total. The fourth-order valence-electron chi connectivity index (χ4n) is 1.56. The molecule has 0 spiro atoms. The van der Waals surface area contributed by atoms with Crippen molar-refractivity contribution in [3.8, 4) is 11.1 Å². The quantitative estimate of drug-likeness (QED) is 0.886. The van der Waals surface area contributed by atoms with Crippen molar-refractivity contribution in [3.63, 3.8) is 0 Å². The summed E-state index contributed by atoms with van der Waals surface area (Å²) in [5.74, 6) is 0.202. The largest absolute Gasteiger partial charge is 0.352 e. The summed E-state index contributed by atoms with van der Waals surface area (Å²) < 4.78 is 13.6. The maximum absolute atomic E-state index is 13.6. The monoisotopic (exact) mass is 260 g/mol. The van der Waals surface area contributed by atoms with Crippen molar-refractivity contribution in [2.45, 2.75) is 19.4 Å². The van der Waals surface area contributed by atoms with Gasteiger partial charge >= 0.3 is 0 Å². The molecule has 1 aromatic heterocycles. The third kappa shape index (κ3) is 3.72. The summed E-state index contributed by atoms with van der Waals surface area (Å²) >= 11 is 0. The Morgan fingerprint density at radius 2 is 1.84 bits per heavy atom. The van der Waals surface area contributed by atoms with Gasteiger partial charge in [-0.1, -0.05) is 18.2 Å². The molecule has 0 aliphatic heterocycles. The number of anilines is 1. The highest BCUT2D eigenvalue weighted by molar-refractivity contribution is 5.62. The lowest BCUT2D eigenvalue weighted by atomic mass is 10.1. The summed E-state index contributed by atoms with van der Waals surface area (Å²) in [6.45, 7) is 4.38. The average Bonchev–Trinajstić information content (AvgIpc) is 2.37.